The molecule has 0 aliphatic rings. The van der Waals surface area contributed by atoms with Gasteiger partial charge in [0.25, 0.3) is 0 Å². The molecular weight excluding hydrogens is 290 g/mol. The fourth-order valence-corrected chi connectivity index (χ4v) is 2.68. The molecule has 4 nitrogen and oxygen atoms in total. The second-order valence-corrected chi connectivity index (χ2v) is 6.88. The standard InChI is InChI=1S/C19H23NO3/c1-19(2,3)20-17(21)12-15(18(22)23)11-14-9-6-8-13-7-4-5-10-16(13)14/h4-10,15H,11-12H2,1-3H3,(H,20,21)(H,22,23). The lowest BCUT2D eigenvalue weighted by Gasteiger charge is -2.22. The predicted octanol–water partition coefficient (Wildman–Crippen LogP) is 3.39. The van der Waals surface area contributed by atoms with Crippen LogP contribution >= 0.6 is 0 Å². The molecule has 2 aromatic rings. The van der Waals surface area contributed by atoms with Crippen molar-refractivity contribution in [2.75, 3.05) is 0 Å². The highest BCUT2D eigenvalue weighted by Gasteiger charge is 2.24. The van der Waals surface area contributed by atoms with Gasteiger partial charge in [-0.1, -0.05) is 42.5 Å². The number of nitrogens with one attached hydrogen (secondary N) is 1. The molecule has 0 saturated heterocycles. The third-order valence-corrected chi connectivity index (χ3v) is 3.64. The Bertz CT molecular complexity index is 711. The van der Waals surface area contributed by atoms with E-state index < -0.39 is 11.9 Å². The molecule has 0 fully saturated rings. The Morgan fingerprint density at radius 2 is 1.74 bits per heavy atom. The maximum Gasteiger partial charge on any atom is 0.307 e. The van der Waals surface area contributed by atoms with Gasteiger partial charge in [0.1, 0.15) is 0 Å². The van der Waals surface area contributed by atoms with Crippen LogP contribution in [0.5, 0.6) is 0 Å². The molecule has 1 amide bonds. The molecule has 1 unspecified atom stereocenters. The molecule has 122 valence electrons. The Morgan fingerprint density at radius 3 is 2.39 bits per heavy atom. The Hall–Kier alpha value is -2.36. The molecular formula is C19H23NO3. The number of carboxylic acids is 1. The highest BCUT2D eigenvalue weighted by molar-refractivity contribution is 5.87. The number of benzene rings is 2. The minimum Gasteiger partial charge on any atom is -0.481 e. The molecule has 0 bridgehead atoms. The van der Waals surface area contributed by atoms with Gasteiger partial charge in [-0.05, 0) is 43.5 Å². The Morgan fingerprint density at radius 1 is 1.09 bits per heavy atom. The van der Waals surface area contributed by atoms with Gasteiger partial charge < -0.3 is 10.4 Å². The molecule has 2 aromatic carbocycles. The van der Waals surface area contributed by atoms with Crippen LogP contribution in [0, 0.1) is 5.92 Å². The van der Waals surface area contributed by atoms with Crippen LogP contribution in [0.2, 0.25) is 0 Å². The van der Waals surface area contributed by atoms with Gasteiger partial charge in [-0.3, -0.25) is 9.59 Å². The lowest BCUT2D eigenvalue weighted by Crippen LogP contribution is -2.42. The van der Waals surface area contributed by atoms with Crippen molar-refractivity contribution in [3.63, 3.8) is 0 Å². The zero-order chi connectivity index (χ0) is 17.0. The molecule has 2 rings (SSSR count). The van der Waals surface area contributed by atoms with Gasteiger partial charge in [-0.15, -0.1) is 0 Å². The minimum absolute atomic E-state index is 0.0180. The largest absolute Gasteiger partial charge is 0.481 e. The summed E-state index contributed by atoms with van der Waals surface area (Å²) >= 11 is 0. The van der Waals surface area contributed by atoms with Gasteiger partial charge in [0, 0.05) is 12.0 Å². The molecule has 0 aliphatic heterocycles. The summed E-state index contributed by atoms with van der Waals surface area (Å²) in [5.41, 5.74) is 0.596. The normalized spacial score (nSPS) is 12.8. The first-order chi connectivity index (χ1) is 10.8. The highest BCUT2D eigenvalue weighted by Crippen LogP contribution is 2.22. The molecule has 0 aromatic heterocycles. The lowest BCUT2D eigenvalue weighted by atomic mass is 9.92. The third kappa shape index (κ3) is 4.81. The van der Waals surface area contributed by atoms with Gasteiger partial charge in [-0.25, -0.2) is 0 Å². The van der Waals surface area contributed by atoms with Crippen molar-refractivity contribution in [1.29, 1.82) is 0 Å². The van der Waals surface area contributed by atoms with E-state index in [0.29, 0.717) is 6.42 Å². The Balaban J connectivity index is 2.19. The zero-order valence-corrected chi connectivity index (χ0v) is 13.8. The maximum absolute atomic E-state index is 12.1. The summed E-state index contributed by atoms with van der Waals surface area (Å²) in [6, 6.07) is 13.7. The maximum atomic E-state index is 12.1. The van der Waals surface area contributed by atoms with E-state index in [-0.39, 0.29) is 17.9 Å². The van der Waals surface area contributed by atoms with Crippen LogP contribution in [0.3, 0.4) is 0 Å². The molecule has 23 heavy (non-hydrogen) atoms. The van der Waals surface area contributed by atoms with Crippen LogP contribution < -0.4 is 5.32 Å². The SMILES string of the molecule is CC(C)(C)NC(=O)CC(Cc1cccc2ccccc12)C(=O)O. The topological polar surface area (TPSA) is 66.4 Å². The van der Waals surface area contributed by atoms with Crippen molar-refractivity contribution < 1.29 is 14.7 Å². The number of aliphatic carboxylic acids is 1. The summed E-state index contributed by atoms with van der Waals surface area (Å²) in [7, 11) is 0. The Labute approximate surface area is 136 Å². The second kappa shape index (κ2) is 6.82. The predicted molar refractivity (Wildman–Crippen MR) is 91.3 cm³/mol. The molecule has 0 radical (unpaired) electrons. The first-order valence-electron chi connectivity index (χ1n) is 7.77. The fourth-order valence-electron chi connectivity index (χ4n) is 2.68. The van der Waals surface area contributed by atoms with Gasteiger partial charge in [0.15, 0.2) is 0 Å². The van der Waals surface area contributed by atoms with E-state index in [1.807, 2.05) is 63.2 Å². The van der Waals surface area contributed by atoms with Gasteiger partial charge in [-0.2, -0.15) is 0 Å². The molecule has 0 saturated carbocycles. The smallest absolute Gasteiger partial charge is 0.307 e. The van der Waals surface area contributed by atoms with E-state index in [1.54, 1.807) is 0 Å². The number of rotatable bonds is 5. The van der Waals surface area contributed by atoms with Crippen molar-refractivity contribution in [3.05, 3.63) is 48.0 Å². The number of carbonyl (C=O) groups is 2. The summed E-state index contributed by atoms with van der Waals surface area (Å²) in [6.45, 7) is 5.64. The molecule has 0 heterocycles. The minimum atomic E-state index is -0.943. The lowest BCUT2D eigenvalue weighted by molar-refractivity contribution is -0.144. The van der Waals surface area contributed by atoms with Crippen molar-refractivity contribution >= 4 is 22.6 Å². The van der Waals surface area contributed by atoms with Crippen molar-refractivity contribution in [2.24, 2.45) is 5.92 Å². The Kier molecular flexibility index (Phi) is 5.04. The van der Waals surface area contributed by atoms with Crippen LogP contribution in [0.1, 0.15) is 32.8 Å². The van der Waals surface area contributed by atoms with Crippen LogP contribution in [-0.2, 0) is 16.0 Å². The van der Waals surface area contributed by atoms with E-state index >= 15 is 0 Å². The molecule has 0 spiro atoms. The van der Waals surface area contributed by atoms with Gasteiger partial charge >= 0.3 is 5.97 Å². The highest BCUT2D eigenvalue weighted by atomic mass is 16.4. The first kappa shape index (κ1) is 17.0. The average molecular weight is 313 g/mol. The number of fused-ring (bicyclic) bond motifs is 1. The molecule has 0 aliphatic carbocycles. The number of carboxylic acid groups (broad SMARTS) is 1. The summed E-state index contributed by atoms with van der Waals surface area (Å²) in [5, 5.41) is 14.4. The molecule has 2 N–H and O–H groups in total. The third-order valence-electron chi connectivity index (χ3n) is 3.64. The summed E-state index contributed by atoms with van der Waals surface area (Å²) in [5.74, 6) is -1.91. The van der Waals surface area contributed by atoms with Crippen LogP contribution in [0.15, 0.2) is 42.5 Å². The van der Waals surface area contributed by atoms with Crippen molar-refractivity contribution in [3.8, 4) is 0 Å². The molecule has 1 atom stereocenters. The first-order valence-corrected chi connectivity index (χ1v) is 7.77. The van der Waals surface area contributed by atoms with Gasteiger partial charge in [0.2, 0.25) is 5.91 Å². The van der Waals surface area contributed by atoms with Crippen molar-refractivity contribution in [2.45, 2.75) is 39.2 Å². The average Bonchev–Trinajstić information content (AvgIpc) is 2.44. The quantitative estimate of drug-likeness (QED) is 0.889. The van der Waals surface area contributed by atoms with E-state index in [2.05, 4.69) is 5.32 Å². The second-order valence-electron chi connectivity index (χ2n) is 6.88. The number of amides is 1. The van der Waals surface area contributed by atoms with E-state index in [0.717, 1.165) is 16.3 Å². The van der Waals surface area contributed by atoms with E-state index in [4.69, 9.17) is 0 Å². The van der Waals surface area contributed by atoms with Crippen LogP contribution in [0.25, 0.3) is 10.8 Å². The summed E-state index contributed by atoms with van der Waals surface area (Å²) < 4.78 is 0. The molecule has 4 heteroatoms. The number of hydrogen-bond donors (Lipinski definition) is 2. The zero-order valence-electron chi connectivity index (χ0n) is 13.8. The van der Waals surface area contributed by atoms with E-state index in [9.17, 15) is 14.7 Å². The van der Waals surface area contributed by atoms with Crippen LogP contribution in [0.4, 0.5) is 0 Å². The van der Waals surface area contributed by atoms with E-state index in [1.165, 1.54) is 0 Å². The summed E-state index contributed by atoms with van der Waals surface area (Å²) in [6.07, 6.45) is 0.323. The fraction of sp³-hybridized carbons (Fsp3) is 0.368. The monoisotopic (exact) mass is 313 g/mol. The number of carbonyl (C=O) groups excluding carboxylic acids is 1. The number of hydrogen-bond acceptors (Lipinski definition) is 2. The van der Waals surface area contributed by atoms with Crippen LogP contribution in [-0.4, -0.2) is 22.5 Å². The van der Waals surface area contributed by atoms with Crippen molar-refractivity contribution in [1.82, 2.24) is 5.32 Å². The summed E-state index contributed by atoms with van der Waals surface area (Å²) in [4.78, 5) is 23.6. The van der Waals surface area contributed by atoms with Gasteiger partial charge in [0.05, 0.1) is 5.92 Å².